The lowest BCUT2D eigenvalue weighted by molar-refractivity contribution is 0.102. The maximum atomic E-state index is 12.3. The molecule has 8 heteroatoms. The van der Waals surface area contributed by atoms with Crippen molar-refractivity contribution in [3.8, 4) is 10.6 Å². The lowest BCUT2D eigenvalue weighted by atomic mass is 10.2. The third-order valence-corrected chi connectivity index (χ3v) is 5.05. The zero-order valence-corrected chi connectivity index (χ0v) is 14.6. The van der Waals surface area contributed by atoms with E-state index in [1.54, 1.807) is 16.9 Å². The summed E-state index contributed by atoms with van der Waals surface area (Å²) in [5.41, 5.74) is 2.28. The van der Waals surface area contributed by atoms with E-state index in [9.17, 15) is 4.79 Å². The molecular weight excluding hydrogens is 390 g/mol. The molecule has 2 heterocycles. The van der Waals surface area contributed by atoms with Crippen LogP contribution in [0.4, 0.5) is 5.69 Å². The third-order valence-electron chi connectivity index (χ3n) is 3.40. The van der Waals surface area contributed by atoms with Crippen molar-refractivity contribution < 1.29 is 4.79 Å². The summed E-state index contributed by atoms with van der Waals surface area (Å²) in [7, 11) is 0. The summed E-state index contributed by atoms with van der Waals surface area (Å²) >= 11 is 4.84. The molecule has 0 aliphatic heterocycles. The first-order valence-corrected chi connectivity index (χ1v) is 8.65. The molecule has 2 aromatic heterocycles. The monoisotopic (exact) mass is 399 g/mol. The van der Waals surface area contributed by atoms with E-state index < -0.39 is 0 Å². The Morgan fingerprint density at radius 2 is 1.92 bits per heavy atom. The summed E-state index contributed by atoms with van der Waals surface area (Å²) in [6, 6.07) is 14.9. The van der Waals surface area contributed by atoms with Crippen LogP contribution in [0.1, 0.15) is 10.4 Å². The number of aromatic nitrogens is 4. The van der Waals surface area contributed by atoms with Gasteiger partial charge >= 0.3 is 0 Å². The molecule has 0 radical (unpaired) electrons. The summed E-state index contributed by atoms with van der Waals surface area (Å²) in [5, 5.41) is 15.9. The van der Waals surface area contributed by atoms with Crippen LogP contribution in [-0.2, 0) is 0 Å². The largest absolute Gasteiger partial charge is 0.322 e. The summed E-state index contributed by atoms with van der Waals surface area (Å²) in [5.74, 6) is -0.158. The van der Waals surface area contributed by atoms with Gasteiger partial charge < -0.3 is 5.32 Å². The molecule has 6 nitrogen and oxygen atoms in total. The lowest BCUT2D eigenvalue weighted by Crippen LogP contribution is -2.12. The summed E-state index contributed by atoms with van der Waals surface area (Å²) < 4.78 is 2.40. The number of benzene rings is 2. The Morgan fingerprint density at radius 1 is 1.12 bits per heavy atom. The number of nitrogens with one attached hydrogen (secondary N) is 1. The Labute approximate surface area is 149 Å². The molecule has 0 aliphatic rings. The second kappa shape index (κ2) is 6.14. The topological polar surface area (TPSA) is 72.2 Å². The van der Waals surface area contributed by atoms with E-state index in [1.165, 1.54) is 11.3 Å². The smallest absolute Gasteiger partial charge is 0.256 e. The van der Waals surface area contributed by atoms with Crippen molar-refractivity contribution in [3.63, 3.8) is 0 Å². The van der Waals surface area contributed by atoms with Crippen molar-refractivity contribution >= 4 is 43.8 Å². The fourth-order valence-electron chi connectivity index (χ4n) is 2.22. The van der Waals surface area contributed by atoms with Gasteiger partial charge in [0.1, 0.15) is 11.3 Å². The number of hydrogen-bond donors (Lipinski definition) is 1. The van der Waals surface area contributed by atoms with Gasteiger partial charge in [0, 0.05) is 15.7 Å². The van der Waals surface area contributed by atoms with Gasteiger partial charge in [-0.3, -0.25) is 4.79 Å². The molecule has 0 bridgehead atoms. The number of rotatable bonds is 3. The number of fused-ring (bicyclic) bond motifs is 1. The number of nitrogens with zero attached hydrogens (tertiary/aromatic N) is 4. The van der Waals surface area contributed by atoms with Gasteiger partial charge in [-0.05, 0) is 52.3 Å². The van der Waals surface area contributed by atoms with Crippen LogP contribution in [0.25, 0.3) is 15.5 Å². The molecule has 24 heavy (non-hydrogen) atoms. The number of amides is 1. The first-order valence-electron chi connectivity index (χ1n) is 7.04. The highest BCUT2D eigenvalue weighted by Crippen LogP contribution is 2.26. The van der Waals surface area contributed by atoms with Gasteiger partial charge in [-0.25, -0.2) is 0 Å². The van der Waals surface area contributed by atoms with Crippen LogP contribution in [-0.4, -0.2) is 25.7 Å². The van der Waals surface area contributed by atoms with Gasteiger partial charge in [0.25, 0.3) is 5.91 Å². The SMILES string of the molecule is O=C(Nc1ccc(-c2nn3cnnc3s2)cc1)c1ccccc1Br. The van der Waals surface area contributed by atoms with Crippen molar-refractivity contribution in [2.45, 2.75) is 0 Å². The minimum atomic E-state index is -0.158. The Bertz CT molecular complexity index is 996. The van der Waals surface area contributed by atoms with Gasteiger partial charge in [-0.15, -0.1) is 10.2 Å². The van der Waals surface area contributed by atoms with Gasteiger partial charge in [0.05, 0.1) is 5.56 Å². The Hall–Kier alpha value is -2.58. The van der Waals surface area contributed by atoms with Gasteiger partial charge in [-0.2, -0.15) is 9.61 Å². The molecule has 4 aromatic rings. The van der Waals surface area contributed by atoms with Crippen LogP contribution in [0, 0.1) is 0 Å². The molecule has 1 amide bonds. The number of anilines is 1. The van der Waals surface area contributed by atoms with Crippen LogP contribution >= 0.6 is 27.3 Å². The Balaban J connectivity index is 1.54. The quantitative estimate of drug-likeness (QED) is 0.567. The summed E-state index contributed by atoms with van der Waals surface area (Å²) in [6.45, 7) is 0. The molecule has 1 N–H and O–H groups in total. The molecule has 0 saturated carbocycles. The third kappa shape index (κ3) is 2.81. The molecule has 2 aromatic carbocycles. The highest BCUT2D eigenvalue weighted by Gasteiger charge is 2.11. The maximum absolute atomic E-state index is 12.3. The predicted molar refractivity (Wildman–Crippen MR) is 96.2 cm³/mol. The molecule has 0 fully saturated rings. The number of halogens is 1. The highest BCUT2D eigenvalue weighted by molar-refractivity contribution is 9.10. The van der Waals surface area contributed by atoms with E-state index in [0.717, 1.165) is 25.7 Å². The van der Waals surface area contributed by atoms with Crippen molar-refractivity contribution in [1.29, 1.82) is 0 Å². The Morgan fingerprint density at radius 3 is 2.67 bits per heavy atom. The van der Waals surface area contributed by atoms with E-state index in [-0.39, 0.29) is 5.91 Å². The average Bonchev–Trinajstić information content (AvgIpc) is 3.17. The predicted octanol–water partition coefficient (Wildman–Crippen LogP) is 3.87. The van der Waals surface area contributed by atoms with Crippen LogP contribution in [0.2, 0.25) is 0 Å². The number of carbonyl (C=O) groups excluding carboxylic acids is 1. The zero-order chi connectivity index (χ0) is 16.5. The minimum Gasteiger partial charge on any atom is -0.322 e. The van der Waals surface area contributed by atoms with Gasteiger partial charge in [0.15, 0.2) is 0 Å². The molecule has 0 unspecified atom stereocenters. The molecule has 0 spiro atoms. The number of hydrogen-bond acceptors (Lipinski definition) is 5. The van der Waals surface area contributed by atoms with E-state index in [0.29, 0.717) is 5.56 Å². The minimum absolute atomic E-state index is 0.158. The van der Waals surface area contributed by atoms with E-state index >= 15 is 0 Å². The fourth-order valence-corrected chi connectivity index (χ4v) is 3.51. The zero-order valence-electron chi connectivity index (χ0n) is 12.2. The van der Waals surface area contributed by atoms with E-state index in [1.807, 2.05) is 42.5 Å². The molecule has 4 rings (SSSR count). The van der Waals surface area contributed by atoms with Crippen molar-refractivity contribution in [2.75, 3.05) is 5.32 Å². The van der Waals surface area contributed by atoms with Crippen LogP contribution in [0.3, 0.4) is 0 Å². The van der Waals surface area contributed by atoms with E-state index in [4.69, 9.17) is 0 Å². The summed E-state index contributed by atoms with van der Waals surface area (Å²) in [4.78, 5) is 13.0. The molecule has 0 saturated heterocycles. The van der Waals surface area contributed by atoms with Gasteiger partial charge in [-0.1, -0.05) is 23.5 Å². The summed E-state index contributed by atoms with van der Waals surface area (Å²) in [6.07, 6.45) is 1.57. The van der Waals surface area contributed by atoms with Crippen LogP contribution < -0.4 is 5.32 Å². The normalized spacial score (nSPS) is 10.9. The molecule has 0 atom stereocenters. The molecule has 0 aliphatic carbocycles. The maximum Gasteiger partial charge on any atom is 0.256 e. The second-order valence-electron chi connectivity index (χ2n) is 4.98. The number of carbonyl (C=O) groups is 1. The molecular formula is C16H10BrN5OS. The van der Waals surface area contributed by atoms with Crippen molar-refractivity contribution in [1.82, 2.24) is 19.8 Å². The average molecular weight is 400 g/mol. The standard InChI is InChI=1S/C16H10BrN5OS/c17-13-4-2-1-3-12(13)14(23)19-11-7-5-10(6-8-11)15-21-22-9-18-20-16(22)24-15/h1-9H,(H,19,23). The lowest BCUT2D eigenvalue weighted by Gasteiger charge is -2.07. The second-order valence-corrected chi connectivity index (χ2v) is 6.79. The van der Waals surface area contributed by atoms with Crippen molar-refractivity contribution in [2.24, 2.45) is 0 Å². The van der Waals surface area contributed by atoms with E-state index in [2.05, 4.69) is 36.5 Å². The first kappa shape index (κ1) is 15.0. The van der Waals surface area contributed by atoms with Crippen LogP contribution in [0.5, 0.6) is 0 Å². The van der Waals surface area contributed by atoms with Crippen LogP contribution in [0.15, 0.2) is 59.3 Å². The highest BCUT2D eigenvalue weighted by atomic mass is 79.9. The Kier molecular flexibility index (Phi) is 3.83. The molecule has 118 valence electrons. The first-order chi connectivity index (χ1) is 11.7. The fraction of sp³-hybridized carbons (Fsp3) is 0. The van der Waals surface area contributed by atoms with Crippen molar-refractivity contribution in [3.05, 3.63) is 64.9 Å². The van der Waals surface area contributed by atoms with Gasteiger partial charge in [0.2, 0.25) is 4.96 Å².